The molecule has 2 amide bonds. The van der Waals surface area contributed by atoms with Crippen molar-refractivity contribution in [3.8, 4) is 0 Å². The number of anilines is 1. The number of hydrogen-bond acceptors (Lipinski definition) is 4. The minimum absolute atomic E-state index is 0.152. The van der Waals surface area contributed by atoms with E-state index in [2.05, 4.69) is 5.32 Å². The number of methoxy groups -OCH3 is 1. The number of halogens is 2. The summed E-state index contributed by atoms with van der Waals surface area (Å²) in [5.41, 5.74) is 2.33. The predicted molar refractivity (Wildman–Crippen MR) is 106 cm³/mol. The summed E-state index contributed by atoms with van der Waals surface area (Å²) in [7, 11) is 1.56. The lowest BCUT2D eigenvalue weighted by atomic mass is 10.0. The molecule has 2 aromatic carbocycles. The number of nitrogens with one attached hydrogen (secondary N) is 1. The molecular formula is C21H20ClFN2O3. The van der Waals surface area contributed by atoms with Crippen LogP contribution in [0.5, 0.6) is 0 Å². The Morgan fingerprint density at radius 3 is 2.50 bits per heavy atom. The highest BCUT2D eigenvalue weighted by Gasteiger charge is 2.39. The molecule has 7 heteroatoms. The van der Waals surface area contributed by atoms with Gasteiger partial charge in [-0.3, -0.25) is 14.5 Å². The number of benzene rings is 2. The Labute approximate surface area is 167 Å². The lowest BCUT2D eigenvalue weighted by Crippen LogP contribution is -2.34. The van der Waals surface area contributed by atoms with Gasteiger partial charge in [0.2, 0.25) is 0 Å². The number of rotatable bonds is 7. The van der Waals surface area contributed by atoms with E-state index in [1.165, 1.54) is 29.2 Å². The minimum atomic E-state index is -0.431. The maximum absolute atomic E-state index is 13.3. The summed E-state index contributed by atoms with van der Waals surface area (Å²) in [6.45, 7) is 2.53. The third-order valence-corrected chi connectivity index (χ3v) is 4.73. The number of hydrogen-bond donors (Lipinski definition) is 1. The van der Waals surface area contributed by atoms with Crippen LogP contribution in [0, 0.1) is 12.7 Å². The van der Waals surface area contributed by atoms with Gasteiger partial charge in [0.1, 0.15) is 11.5 Å². The van der Waals surface area contributed by atoms with Crippen molar-refractivity contribution in [3.63, 3.8) is 0 Å². The molecule has 146 valence electrons. The van der Waals surface area contributed by atoms with Crippen molar-refractivity contribution in [2.45, 2.75) is 13.3 Å². The second kappa shape index (κ2) is 8.54. The van der Waals surface area contributed by atoms with Gasteiger partial charge in [0.15, 0.2) is 0 Å². The molecule has 0 saturated heterocycles. The van der Waals surface area contributed by atoms with Gasteiger partial charge in [0, 0.05) is 31.0 Å². The summed E-state index contributed by atoms with van der Waals surface area (Å²) in [5, 5.41) is 3.58. The first-order valence-electron chi connectivity index (χ1n) is 8.81. The van der Waals surface area contributed by atoms with Gasteiger partial charge < -0.3 is 10.1 Å². The highest BCUT2D eigenvalue weighted by atomic mass is 35.5. The monoisotopic (exact) mass is 402 g/mol. The van der Waals surface area contributed by atoms with E-state index in [4.69, 9.17) is 16.3 Å². The maximum Gasteiger partial charge on any atom is 0.278 e. The molecule has 0 bridgehead atoms. The number of aryl methyl sites for hydroxylation is 1. The van der Waals surface area contributed by atoms with Crippen molar-refractivity contribution in [3.05, 3.63) is 70.1 Å². The van der Waals surface area contributed by atoms with Crippen LogP contribution in [0.15, 0.2) is 48.2 Å². The van der Waals surface area contributed by atoms with Gasteiger partial charge in [-0.25, -0.2) is 4.39 Å². The highest BCUT2D eigenvalue weighted by Crippen LogP contribution is 2.32. The quantitative estimate of drug-likeness (QED) is 0.561. The molecule has 0 spiro atoms. The zero-order valence-corrected chi connectivity index (χ0v) is 16.3. The first-order valence-corrected chi connectivity index (χ1v) is 9.18. The summed E-state index contributed by atoms with van der Waals surface area (Å²) in [6.07, 6.45) is 0.522. The molecule has 1 heterocycles. The fourth-order valence-electron chi connectivity index (χ4n) is 3.01. The Hall–Kier alpha value is -2.70. The molecule has 2 aromatic rings. The van der Waals surface area contributed by atoms with Gasteiger partial charge in [-0.1, -0.05) is 29.8 Å². The van der Waals surface area contributed by atoms with Crippen LogP contribution in [0.1, 0.15) is 17.5 Å². The summed E-state index contributed by atoms with van der Waals surface area (Å²) < 4.78 is 18.4. The van der Waals surface area contributed by atoms with Crippen molar-refractivity contribution >= 4 is 34.7 Å². The summed E-state index contributed by atoms with van der Waals surface area (Å²) in [4.78, 5) is 27.2. The molecule has 0 aliphatic carbocycles. The minimum Gasteiger partial charge on any atom is -0.385 e. The molecule has 5 nitrogen and oxygen atoms in total. The van der Waals surface area contributed by atoms with Gasteiger partial charge in [0.05, 0.1) is 5.57 Å². The zero-order chi connectivity index (χ0) is 20.3. The molecule has 0 radical (unpaired) electrons. The lowest BCUT2D eigenvalue weighted by molar-refractivity contribution is -0.136. The number of ether oxygens (including phenoxy) is 1. The molecule has 1 N–H and O–H groups in total. The van der Waals surface area contributed by atoms with Crippen molar-refractivity contribution in [1.29, 1.82) is 0 Å². The molecule has 0 fully saturated rings. The van der Waals surface area contributed by atoms with Gasteiger partial charge in [0.25, 0.3) is 11.8 Å². The van der Waals surface area contributed by atoms with E-state index in [0.29, 0.717) is 29.3 Å². The third kappa shape index (κ3) is 4.08. The molecule has 0 unspecified atom stereocenters. The summed E-state index contributed by atoms with van der Waals surface area (Å²) in [6, 6.07) is 10.8. The first kappa shape index (κ1) is 20.0. The Bertz CT molecular complexity index is 941. The smallest absolute Gasteiger partial charge is 0.278 e. The Balaban J connectivity index is 2.02. The molecule has 1 aliphatic heterocycles. The van der Waals surface area contributed by atoms with Crippen LogP contribution in [0.25, 0.3) is 5.57 Å². The summed E-state index contributed by atoms with van der Waals surface area (Å²) in [5.74, 6) is -1.27. The fraction of sp³-hybridized carbons (Fsp3) is 0.238. The molecule has 0 atom stereocenters. The van der Waals surface area contributed by atoms with E-state index in [9.17, 15) is 14.0 Å². The van der Waals surface area contributed by atoms with Crippen molar-refractivity contribution in [2.24, 2.45) is 0 Å². The van der Waals surface area contributed by atoms with Gasteiger partial charge in [-0.05, 0) is 48.7 Å². The fourth-order valence-corrected chi connectivity index (χ4v) is 3.18. The van der Waals surface area contributed by atoms with Crippen molar-refractivity contribution < 1.29 is 18.7 Å². The molecular weight excluding hydrogens is 383 g/mol. The van der Waals surface area contributed by atoms with Crippen LogP contribution in [0.2, 0.25) is 5.02 Å². The van der Waals surface area contributed by atoms with E-state index in [0.717, 1.165) is 5.56 Å². The van der Waals surface area contributed by atoms with Gasteiger partial charge in [-0.2, -0.15) is 0 Å². The van der Waals surface area contributed by atoms with Crippen LogP contribution in [-0.2, 0) is 14.3 Å². The highest BCUT2D eigenvalue weighted by molar-refractivity contribution is 6.36. The molecule has 0 saturated carbocycles. The third-order valence-electron chi connectivity index (χ3n) is 4.49. The molecule has 28 heavy (non-hydrogen) atoms. The van der Waals surface area contributed by atoms with Gasteiger partial charge >= 0.3 is 0 Å². The molecule has 3 rings (SSSR count). The second-order valence-corrected chi connectivity index (χ2v) is 6.89. The number of nitrogens with zero attached hydrogens (tertiary/aromatic N) is 1. The van der Waals surface area contributed by atoms with Crippen molar-refractivity contribution in [1.82, 2.24) is 4.90 Å². The summed E-state index contributed by atoms with van der Waals surface area (Å²) >= 11 is 6.08. The number of imide groups is 1. The Morgan fingerprint density at radius 1 is 1.11 bits per heavy atom. The van der Waals surface area contributed by atoms with Crippen LogP contribution >= 0.6 is 11.6 Å². The topological polar surface area (TPSA) is 58.6 Å². The van der Waals surface area contributed by atoms with Crippen LogP contribution in [-0.4, -0.2) is 37.0 Å². The Morgan fingerprint density at radius 2 is 1.82 bits per heavy atom. The SMILES string of the molecule is COCCCN1C(=O)C(Nc2cc(Cl)ccc2C)=C(c2ccc(F)cc2)C1=O. The largest absolute Gasteiger partial charge is 0.385 e. The van der Waals surface area contributed by atoms with E-state index in [-0.39, 0.29) is 17.8 Å². The van der Waals surface area contributed by atoms with Crippen LogP contribution in [0.3, 0.4) is 0 Å². The van der Waals surface area contributed by atoms with Crippen LogP contribution in [0.4, 0.5) is 10.1 Å². The van der Waals surface area contributed by atoms with Gasteiger partial charge in [-0.15, -0.1) is 0 Å². The molecule has 0 aromatic heterocycles. The van der Waals surface area contributed by atoms with E-state index in [1.807, 2.05) is 13.0 Å². The van der Waals surface area contributed by atoms with E-state index >= 15 is 0 Å². The maximum atomic E-state index is 13.3. The second-order valence-electron chi connectivity index (χ2n) is 6.45. The standard InChI is InChI=1S/C21H20ClFN2O3/c1-13-4-7-15(22)12-17(13)24-19-18(14-5-8-16(23)9-6-14)20(26)25(21(19)27)10-3-11-28-2/h4-9,12,24H,3,10-11H2,1-2H3. The predicted octanol–water partition coefficient (Wildman–Crippen LogP) is 4.02. The molecule has 1 aliphatic rings. The zero-order valence-electron chi connectivity index (χ0n) is 15.6. The van der Waals surface area contributed by atoms with Crippen LogP contribution < -0.4 is 5.32 Å². The van der Waals surface area contributed by atoms with Crippen molar-refractivity contribution in [2.75, 3.05) is 25.6 Å². The number of carbonyl (C=O) groups excluding carboxylic acids is 2. The Kier molecular flexibility index (Phi) is 6.11. The first-order chi connectivity index (χ1) is 13.4. The average Bonchev–Trinajstić information content (AvgIpc) is 2.90. The number of amides is 2. The lowest BCUT2D eigenvalue weighted by Gasteiger charge is -2.15. The average molecular weight is 403 g/mol. The normalized spacial score (nSPS) is 14.2. The number of carbonyl (C=O) groups is 2. The van der Waals surface area contributed by atoms with E-state index in [1.54, 1.807) is 19.2 Å². The van der Waals surface area contributed by atoms with E-state index < -0.39 is 17.6 Å².